The second-order valence-corrected chi connectivity index (χ2v) is 6.32. The molecule has 0 aromatic heterocycles. The molecule has 2 heteroatoms. The second kappa shape index (κ2) is 6.53. The monoisotopic (exact) mass is 260 g/mol. The SMILES string of the molecule is CC1CC(C)N(C(CN)CC(C)c2ccccc2)C1. The van der Waals surface area contributed by atoms with Crippen LogP contribution in [0, 0.1) is 5.92 Å². The maximum atomic E-state index is 6.04. The third-order valence-corrected chi connectivity index (χ3v) is 4.57. The van der Waals surface area contributed by atoms with E-state index in [1.54, 1.807) is 0 Å². The molecule has 4 unspecified atom stereocenters. The number of likely N-dealkylation sites (tertiary alicyclic amines) is 1. The Balaban J connectivity index is 1.99. The minimum atomic E-state index is 0.523. The Bertz CT molecular complexity index is 376. The van der Waals surface area contributed by atoms with Crippen molar-refractivity contribution >= 4 is 0 Å². The topological polar surface area (TPSA) is 29.3 Å². The largest absolute Gasteiger partial charge is 0.329 e. The first kappa shape index (κ1) is 14.5. The standard InChI is InChI=1S/C17H28N2/c1-13-9-15(3)19(12-13)17(11-18)10-14(2)16-7-5-4-6-8-16/h4-8,13-15,17H,9-12,18H2,1-3H3. The van der Waals surface area contributed by atoms with Gasteiger partial charge in [0.15, 0.2) is 0 Å². The fraction of sp³-hybridized carbons (Fsp3) is 0.647. The lowest BCUT2D eigenvalue weighted by Gasteiger charge is -2.32. The fourth-order valence-corrected chi connectivity index (χ4v) is 3.53. The lowest BCUT2D eigenvalue weighted by Crippen LogP contribution is -2.43. The molecule has 2 rings (SSSR count). The van der Waals surface area contributed by atoms with Gasteiger partial charge in [-0.2, -0.15) is 0 Å². The van der Waals surface area contributed by atoms with Crippen molar-refractivity contribution < 1.29 is 0 Å². The van der Waals surface area contributed by atoms with E-state index in [-0.39, 0.29) is 0 Å². The van der Waals surface area contributed by atoms with Gasteiger partial charge in [-0.1, -0.05) is 44.2 Å². The zero-order valence-electron chi connectivity index (χ0n) is 12.5. The summed E-state index contributed by atoms with van der Waals surface area (Å²) >= 11 is 0. The maximum absolute atomic E-state index is 6.04. The lowest BCUT2D eigenvalue weighted by molar-refractivity contribution is 0.176. The number of hydrogen-bond acceptors (Lipinski definition) is 2. The van der Waals surface area contributed by atoms with Gasteiger partial charge in [0.2, 0.25) is 0 Å². The highest BCUT2D eigenvalue weighted by atomic mass is 15.2. The van der Waals surface area contributed by atoms with Crippen molar-refractivity contribution in [1.29, 1.82) is 0 Å². The van der Waals surface area contributed by atoms with E-state index in [0.717, 1.165) is 18.9 Å². The van der Waals surface area contributed by atoms with Crippen molar-refractivity contribution in [2.24, 2.45) is 11.7 Å². The van der Waals surface area contributed by atoms with E-state index in [1.165, 1.54) is 18.5 Å². The molecule has 1 saturated heterocycles. The average molecular weight is 260 g/mol. The predicted octanol–water partition coefficient (Wildman–Crippen LogP) is 3.24. The molecule has 2 N–H and O–H groups in total. The molecule has 0 bridgehead atoms. The first-order valence-electron chi connectivity index (χ1n) is 7.62. The van der Waals surface area contributed by atoms with Gasteiger partial charge in [0.1, 0.15) is 0 Å². The Morgan fingerprint density at radius 1 is 1.26 bits per heavy atom. The van der Waals surface area contributed by atoms with Crippen molar-refractivity contribution in [1.82, 2.24) is 4.90 Å². The molecule has 0 amide bonds. The van der Waals surface area contributed by atoms with Gasteiger partial charge >= 0.3 is 0 Å². The normalized spacial score (nSPS) is 27.4. The molecular formula is C17H28N2. The average Bonchev–Trinajstić information content (AvgIpc) is 2.75. The minimum Gasteiger partial charge on any atom is -0.329 e. The van der Waals surface area contributed by atoms with Gasteiger partial charge < -0.3 is 5.73 Å². The van der Waals surface area contributed by atoms with Gasteiger partial charge in [0.05, 0.1) is 0 Å². The third-order valence-electron chi connectivity index (χ3n) is 4.57. The highest BCUT2D eigenvalue weighted by Crippen LogP contribution is 2.29. The van der Waals surface area contributed by atoms with E-state index in [2.05, 4.69) is 56.0 Å². The zero-order chi connectivity index (χ0) is 13.8. The Labute approximate surface area is 118 Å². The smallest absolute Gasteiger partial charge is 0.0227 e. The Hall–Kier alpha value is -0.860. The maximum Gasteiger partial charge on any atom is 0.0227 e. The van der Waals surface area contributed by atoms with Crippen molar-refractivity contribution in [3.8, 4) is 0 Å². The van der Waals surface area contributed by atoms with E-state index < -0.39 is 0 Å². The van der Waals surface area contributed by atoms with Crippen molar-refractivity contribution in [3.63, 3.8) is 0 Å². The molecule has 4 atom stereocenters. The lowest BCUT2D eigenvalue weighted by atomic mass is 9.93. The quantitative estimate of drug-likeness (QED) is 0.880. The van der Waals surface area contributed by atoms with Gasteiger partial charge in [0, 0.05) is 25.2 Å². The molecule has 1 aromatic rings. The molecular weight excluding hydrogens is 232 g/mol. The number of nitrogens with zero attached hydrogens (tertiary/aromatic N) is 1. The third kappa shape index (κ3) is 3.58. The van der Waals surface area contributed by atoms with Crippen LogP contribution in [0.2, 0.25) is 0 Å². The Morgan fingerprint density at radius 3 is 2.47 bits per heavy atom. The molecule has 19 heavy (non-hydrogen) atoms. The highest BCUT2D eigenvalue weighted by molar-refractivity contribution is 5.19. The summed E-state index contributed by atoms with van der Waals surface area (Å²) in [6, 6.07) is 12.0. The predicted molar refractivity (Wildman–Crippen MR) is 82.3 cm³/mol. The van der Waals surface area contributed by atoms with Gasteiger partial charge in [-0.15, -0.1) is 0 Å². The molecule has 1 heterocycles. The summed E-state index contributed by atoms with van der Waals surface area (Å²) in [7, 11) is 0. The minimum absolute atomic E-state index is 0.523. The Morgan fingerprint density at radius 2 is 1.95 bits per heavy atom. The van der Waals surface area contributed by atoms with Crippen LogP contribution in [0.4, 0.5) is 0 Å². The van der Waals surface area contributed by atoms with Crippen LogP contribution >= 0.6 is 0 Å². The highest BCUT2D eigenvalue weighted by Gasteiger charge is 2.31. The van der Waals surface area contributed by atoms with E-state index in [1.807, 2.05) is 0 Å². The molecule has 0 spiro atoms. The molecule has 1 fully saturated rings. The summed E-state index contributed by atoms with van der Waals surface area (Å²) in [5.41, 5.74) is 7.48. The van der Waals surface area contributed by atoms with Crippen LogP contribution in [0.25, 0.3) is 0 Å². The molecule has 106 valence electrons. The first-order chi connectivity index (χ1) is 9.11. The van der Waals surface area contributed by atoms with Gasteiger partial charge in [-0.05, 0) is 37.2 Å². The fourth-order valence-electron chi connectivity index (χ4n) is 3.53. The second-order valence-electron chi connectivity index (χ2n) is 6.32. The summed E-state index contributed by atoms with van der Waals surface area (Å²) in [6.45, 7) is 9.00. The summed E-state index contributed by atoms with van der Waals surface area (Å²) in [6.07, 6.45) is 2.48. The van der Waals surface area contributed by atoms with Crippen molar-refractivity contribution in [3.05, 3.63) is 35.9 Å². The van der Waals surface area contributed by atoms with Gasteiger partial charge in [-0.3, -0.25) is 4.90 Å². The van der Waals surface area contributed by atoms with Crippen LogP contribution in [0.5, 0.6) is 0 Å². The van der Waals surface area contributed by atoms with Crippen LogP contribution in [0.15, 0.2) is 30.3 Å². The molecule has 1 aliphatic rings. The van der Waals surface area contributed by atoms with Crippen LogP contribution in [0.3, 0.4) is 0 Å². The first-order valence-corrected chi connectivity index (χ1v) is 7.62. The molecule has 1 aliphatic heterocycles. The Kier molecular flexibility index (Phi) is 5.00. The summed E-state index contributed by atoms with van der Waals surface area (Å²) < 4.78 is 0. The van der Waals surface area contributed by atoms with Crippen molar-refractivity contribution in [2.75, 3.05) is 13.1 Å². The van der Waals surface area contributed by atoms with Gasteiger partial charge in [0.25, 0.3) is 0 Å². The number of hydrogen-bond donors (Lipinski definition) is 1. The van der Waals surface area contributed by atoms with Gasteiger partial charge in [-0.25, -0.2) is 0 Å². The zero-order valence-corrected chi connectivity index (χ0v) is 12.5. The molecule has 1 aromatic carbocycles. The van der Waals surface area contributed by atoms with Crippen LogP contribution in [0.1, 0.15) is 45.1 Å². The van der Waals surface area contributed by atoms with E-state index >= 15 is 0 Å². The van der Waals surface area contributed by atoms with E-state index in [9.17, 15) is 0 Å². The van der Waals surface area contributed by atoms with E-state index in [0.29, 0.717) is 18.0 Å². The molecule has 0 radical (unpaired) electrons. The molecule has 0 aliphatic carbocycles. The number of rotatable bonds is 5. The number of benzene rings is 1. The molecule has 2 nitrogen and oxygen atoms in total. The number of nitrogens with two attached hydrogens (primary N) is 1. The van der Waals surface area contributed by atoms with E-state index in [4.69, 9.17) is 5.73 Å². The molecule has 0 saturated carbocycles. The summed E-state index contributed by atoms with van der Waals surface area (Å²) in [5, 5.41) is 0. The van der Waals surface area contributed by atoms with Crippen LogP contribution in [-0.4, -0.2) is 30.1 Å². The summed E-state index contributed by atoms with van der Waals surface area (Å²) in [5.74, 6) is 1.40. The van der Waals surface area contributed by atoms with Crippen LogP contribution < -0.4 is 5.73 Å². The summed E-state index contributed by atoms with van der Waals surface area (Å²) in [4.78, 5) is 2.63. The van der Waals surface area contributed by atoms with Crippen molar-refractivity contribution in [2.45, 2.75) is 51.6 Å². The van der Waals surface area contributed by atoms with Crippen LogP contribution in [-0.2, 0) is 0 Å².